The zero-order valence-electron chi connectivity index (χ0n) is 12.6. The second-order valence-corrected chi connectivity index (χ2v) is 8.63. The van der Waals surface area contributed by atoms with Crippen LogP contribution in [0.3, 0.4) is 0 Å². The Morgan fingerprint density at radius 2 is 1.12 bits per heavy atom. The highest BCUT2D eigenvalue weighted by molar-refractivity contribution is 7.14. The van der Waals surface area contributed by atoms with Crippen LogP contribution in [0.5, 0.6) is 0 Å². The van der Waals surface area contributed by atoms with Gasteiger partial charge < -0.3 is 0 Å². The van der Waals surface area contributed by atoms with Crippen LogP contribution >= 0.6 is 45.9 Å². The molecule has 0 atom stereocenters. The first kappa shape index (κ1) is 15.0. The van der Waals surface area contributed by atoms with Crippen molar-refractivity contribution < 1.29 is 0 Å². The van der Waals surface area contributed by atoms with Crippen LogP contribution in [0.1, 0.15) is 22.3 Å². The summed E-state index contributed by atoms with van der Waals surface area (Å²) in [7, 11) is 0. The largest absolute Gasteiger partial charge is 0.144 e. The number of halogens is 2. The minimum absolute atomic E-state index is 0.872. The monoisotopic (exact) mass is 386 g/mol. The third-order valence-corrected chi connectivity index (χ3v) is 7.15. The van der Waals surface area contributed by atoms with Crippen LogP contribution in [0, 0.1) is 0 Å². The molecule has 0 amide bonds. The van der Waals surface area contributed by atoms with Crippen LogP contribution < -0.4 is 0 Å². The second-order valence-electron chi connectivity index (χ2n) is 5.92. The van der Waals surface area contributed by atoms with E-state index in [1.165, 1.54) is 43.1 Å². The maximum absolute atomic E-state index is 6.66. The Labute approximate surface area is 158 Å². The molecule has 0 N–H and O–H groups in total. The summed E-state index contributed by atoms with van der Waals surface area (Å²) in [5.74, 6) is 0. The van der Waals surface area contributed by atoms with E-state index in [9.17, 15) is 0 Å². The van der Waals surface area contributed by atoms with Crippen molar-refractivity contribution in [1.82, 2.24) is 0 Å². The lowest BCUT2D eigenvalue weighted by molar-refractivity contribution is 1.26. The fraction of sp³-hybridized carbons (Fsp3) is 0.100. The highest BCUT2D eigenvalue weighted by Gasteiger charge is 2.32. The molecule has 0 saturated carbocycles. The third kappa shape index (κ3) is 2.04. The molecule has 0 bridgehead atoms. The molecule has 2 aromatic heterocycles. The number of rotatable bonds is 2. The van der Waals surface area contributed by atoms with Crippen LogP contribution in [0.25, 0.3) is 30.9 Å². The van der Waals surface area contributed by atoms with Gasteiger partial charge in [-0.3, -0.25) is 0 Å². The van der Waals surface area contributed by atoms with Gasteiger partial charge in [0.1, 0.15) is 0 Å². The fourth-order valence-electron chi connectivity index (χ4n) is 3.76. The molecule has 2 heterocycles. The van der Waals surface area contributed by atoms with E-state index in [-0.39, 0.29) is 0 Å². The van der Waals surface area contributed by atoms with E-state index in [1.54, 1.807) is 22.7 Å². The summed E-state index contributed by atoms with van der Waals surface area (Å²) in [6, 6.07) is 8.56. The van der Waals surface area contributed by atoms with E-state index in [0.717, 1.165) is 22.9 Å². The van der Waals surface area contributed by atoms with E-state index in [2.05, 4.69) is 47.2 Å². The summed E-state index contributed by atoms with van der Waals surface area (Å²) >= 11 is 16.8. The standard InChI is InChI=1S/C20H12Cl2S2/c21-13-8-6-12-17(13)19(15-3-1-9-23-15)11-5-7-14(22)18(11)20(12)16-4-2-10-24-16/h1-4,7-10H,5-6H2. The predicted molar refractivity (Wildman–Crippen MR) is 108 cm³/mol. The molecule has 118 valence electrons. The van der Waals surface area contributed by atoms with Crippen molar-refractivity contribution in [3.63, 3.8) is 0 Å². The summed E-state index contributed by atoms with van der Waals surface area (Å²) in [6.07, 6.45) is 6.01. The Bertz CT molecular complexity index is 923. The molecule has 4 heteroatoms. The lowest BCUT2D eigenvalue weighted by atomic mass is 9.87. The summed E-state index contributed by atoms with van der Waals surface area (Å²) < 4.78 is 0. The van der Waals surface area contributed by atoms with Gasteiger partial charge in [0, 0.05) is 42.1 Å². The number of thiophene rings is 2. The van der Waals surface area contributed by atoms with E-state index in [0.29, 0.717) is 0 Å². The smallest absolute Gasteiger partial charge is 0.0451 e. The average Bonchev–Trinajstić information content (AvgIpc) is 3.34. The molecule has 0 nitrogen and oxygen atoms in total. The zero-order valence-corrected chi connectivity index (χ0v) is 15.8. The van der Waals surface area contributed by atoms with Crippen LogP contribution in [-0.2, 0) is 12.8 Å². The SMILES string of the molecule is ClC1=CCc2c1c(-c1cccs1)c1c(c2-c2cccs2)C(Cl)=CC1. The maximum Gasteiger partial charge on any atom is 0.0451 e. The van der Waals surface area contributed by atoms with E-state index < -0.39 is 0 Å². The summed E-state index contributed by atoms with van der Waals surface area (Å²) in [5, 5.41) is 5.99. The topological polar surface area (TPSA) is 0 Å². The predicted octanol–water partition coefficient (Wildman–Crippen LogP) is 7.42. The molecule has 0 spiro atoms. The van der Waals surface area contributed by atoms with Crippen molar-refractivity contribution in [1.29, 1.82) is 0 Å². The molecule has 1 aromatic carbocycles. The first-order valence-corrected chi connectivity index (χ1v) is 10.3. The number of hydrogen-bond acceptors (Lipinski definition) is 2. The number of hydrogen-bond donors (Lipinski definition) is 0. The number of allylic oxidation sites excluding steroid dienone is 2. The zero-order chi connectivity index (χ0) is 16.3. The van der Waals surface area contributed by atoms with Crippen LogP contribution in [0.4, 0.5) is 0 Å². The molecule has 3 aromatic rings. The van der Waals surface area contributed by atoms with Crippen LogP contribution in [0.15, 0.2) is 47.2 Å². The second kappa shape index (κ2) is 5.60. The lowest BCUT2D eigenvalue weighted by Crippen LogP contribution is -2.00. The maximum atomic E-state index is 6.66. The number of benzene rings is 1. The molecule has 0 unspecified atom stereocenters. The Kier molecular flexibility index (Phi) is 3.50. The first-order chi connectivity index (χ1) is 11.8. The first-order valence-electron chi connectivity index (χ1n) is 7.77. The van der Waals surface area contributed by atoms with Crippen molar-refractivity contribution in [2.24, 2.45) is 0 Å². The Morgan fingerprint density at radius 3 is 1.50 bits per heavy atom. The van der Waals surface area contributed by atoms with Crippen LogP contribution in [0.2, 0.25) is 0 Å². The minimum atomic E-state index is 0.872. The quantitative estimate of drug-likeness (QED) is 0.429. The Morgan fingerprint density at radius 1 is 0.667 bits per heavy atom. The van der Waals surface area contributed by atoms with E-state index in [1.807, 2.05) is 0 Å². The van der Waals surface area contributed by atoms with Crippen molar-refractivity contribution in [2.45, 2.75) is 12.8 Å². The van der Waals surface area contributed by atoms with Gasteiger partial charge >= 0.3 is 0 Å². The highest BCUT2D eigenvalue weighted by atomic mass is 35.5. The molecule has 24 heavy (non-hydrogen) atoms. The van der Waals surface area contributed by atoms with Crippen molar-refractivity contribution >= 4 is 55.9 Å². The third-order valence-electron chi connectivity index (χ3n) is 4.69. The van der Waals surface area contributed by atoms with Crippen molar-refractivity contribution in [2.75, 3.05) is 0 Å². The van der Waals surface area contributed by atoms with Gasteiger partial charge in [-0.05, 0) is 46.9 Å². The molecular weight excluding hydrogens is 375 g/mol. The molecule has 0 radical (unpaired) electrons. The summed E-state index contributed by atoms with van der Waals surface area (Å²) in [4.78, 5) is 2.54. The lowest BCUT2D eigenvalue weighted by Gasteiger charge is -2.20. The van der Waals surface area contributed by atoms with Gasteiger partial charge in [-0.1, -0.05) is 47.5 Å². The van der Waals surface area contributed by atoms with Gasteiger partial charge in [0.2, 0.25) is 0 Å². The van der Waals surface area contributed by atoms with Gasteiger partial charge in [-0.2, -0.15) is 0 Å². The normalized spacial score (nSPS) is 15.2. The highest BCUT2D eigenvalue weighted by Crippen LogP contribution is 2.52. The Balaban J connectivity index is 1.94. The Hall–Kier alpha value is -1.32. The van der Waals surface area contributed by atoms with Crippen LogP contribution in [-0.4, -0.2) is 0 Å². The summed E-state index contributed by atoms with van der Waals surface area (Å²) in [6.45, 7) is 0. The molecular formula is C20H12Cl2S2. The molecule has 0 fully saturated rings. The van der Waals surface area contributed by atoms with E-state index >= 15 is 0 Å². The molecule has 0 saturated heterocycles. The van der Waals surface area contributed by atoms with E-state index in [4.69, 9.17) is 23.2 Å². The van der Waals surface area contributed by atoms with Crippen molar-refractivity contribution in [3.8, 4) is 20.9 Å². The average molecular weight is 387 g/mol. The van der Waals surface area contributed by atoms with Gasteiger partial charge in [-0.25, -0.2) is 0 Å². The molecule has 2 aliphatic carbocycles. The van der Waals surface area contributed by atoms with Gasteiger partial charge in [0.25, 0.3) is 0 Å². The molecule has 0 aliphatic heterocycles. The molecule has 2 aliphatic rings. The summed E-state index contributed by atoms with van der Waals surface area (Å²) in [5.41, 5.74) is 7.61. The fourth-order valence-corrected chi connectivity index (χ4v) is 5.94. The van der Waals surface area contributed by atoms with Gasteiger partial charge in [0.05, 0.1) is 0 Å². The number of fused-ring (bicyclic) bond motifs is 2. The molecule has 5 rings (SSSR count). The van der Waals surface area contributed by atoms with Crippen molar-refractivity contribution in [3.05, 3.63) is 69.4 Å². The minimum Gasteiger partial charge on any atom is -0.144 e. The van der Waals surface area contributed by atoms with Gasteiger partial charge in [0.15, 0.2) is 0 Å². The van der Waals surface area contributed by atoms with Gasteiger partial charge in [-0.15, -0.1) is 22.7 Å².